The molecule has 0 saturated carbocycles. The van der Waals surface area contributed by atoms with E-state index >= 15 is 0 Å². The van der Waals surface area contributed by atoms with Crippen LogP contribution in [0.2, 0.25) is 12.6 Å². The molecule has 29 heavy (non-hydrogen) atoms. The standard InChI is InChI=1S/C28H44B/c1-3-5-7-9-11-19-25-29(27-21-15-13-16-22-27,28-23-17-14-18-24-28)26-20-12-10-8-6-4-2/h13-18,21-24H,3-12,19-20,25-26H2,1-2H3/q-1. The van der Waals surface area contributed by atoms with Crippen LogP contribution in [0.4, 0.5) is 0 Å². The highest BCUT2D eigenvalue weighted by Gasteiger charge is 2.26. The van der Waals surface area contributed by atoms with E-state index in [4.69, 9.17) is 0 Å². The first kappa shape index (κ1) is 23.8. The lowest BCUT2D eigenvalue weighted by Crippen LogP contribution is -2.58. The van der Waals surface area contributed by atoms with Gasteiger partial charge in [-0.05, 0) is 0 Å². The molecule has 2 aromatic carbocycles. The Kier molecular flexibility index (Phi) is 11.9. The predicted molar refractivity (Wildman–Crippen MR) is 134 cm³/mol. The second kappa shape index (κ2) is 14.5. The van der Waals surface area contributed by atoms with Crippen molar-refractivity contribution in [2.75, 3.05) is 0 Å². The van der Waals surface area contributed by atoms with E-state index in [0.717, 1.165) is 0 Å². The van der Waals surface area contributed by atoms with E-state index in [0.29, 0.717) is 0 Å². The summed E-state index contributed by atoms with van der Waals surface area (Å²) in [7, 11) is 0. The maximum Gasteiger partial charge on any atom is 0.0544 e. The van der Waals surface area contributed by atoms with Gasteiger partial charge in [0, 0.05) is 0 Å². The Morgan fingerprint density at radius 3 is 1.17 bits per heavy atom. The van der Waals surface area contributed by atoms with E-state index in [-0.39, 0.29) is 0 Å². The van der Waals surface area contributed by atoms with Crippen LogP contribution in [0.15, 0.2) is 60.7 Å². The van der Waals surface area contributed by atoms with E-state index < -0.39 is 6.15 Å². The molecule has 0 saturated heterocycles. The van der Waals surface area contributed by atoms with Crippen LogP contribution in [-0.2, 0) is 0 Å². The van der Waals surface area contributed by atoms with Crippen molar-refractivity contribution in [1.82, 2.24) is 0 Å². The summed E-state index contributed by atoms with van der Waals surface area (Å²) < 4.78 is 0. The summed E-state index contributed by atoms with van der Waals surface area (Å²) in [5.41, 5.74) is 3.17. The summed E-state index contributed by atoms with van der Waals surface area (Å²) in [6.45, 7) is 4.61. The second-order valence-corrected chi connectivity index (χ2v) is 9.18. The molecule has 0 atom stereocenters. The lowest BCUT2D eigenvalue weighted by molar-refractivity contribution is 0.616. The Balaban J connectivity index is 2.13. The van der Waals surface area contributed by atoms with Gasteiger partial charge >= 0.3 is 0 Å². The fraction of sp³-hybridized carbons (Fsp3) is 0.571. The van der Waals surface area contributed by atoms with Gasteiger partial charge in [-0.25, -0.2) is 10.9 Å². The minimum atomic E-state index is -0.660. The molecule has 0 bridgehead atoms. The average Bonchev–Trinajstić information content (AvgIpc) is 2.78. The summed E-state index contributed by atoms with van der Waals surface area (Å²) in [5, 5.41) is 0. The van der Waals surface area contributed by atoms with Crippen LogP contribution < -0.4 is 10.9 Å². The highest BCUT2D eigenvalue weighted by Crippen LogP contribution is 2.24. The van der Waals surface area contributed by atoms with Crippen molar-refractivity contribution in [3.8, 4) is 0 Å². The van der Waals surface area contributed by atoms with E-state index in [1.807, 2.05) is 0 Å². The van der Waals surface area contributed by atoms with Gasteiger partial charge in [0.05, 0.1) is 6.15 Å². The fourth-order valence-corrected chi connectivity index (χ4v) is 5.19. The van der Waals surface area contributed by atoms with Crippen molar-refractivity contribution < 1.29 is 0 Å². The van der Waals surface area contributed by atoms with Crippen LogP contribution in [0.25, 0.3) is 0 Å². The van der Waals surface area contributed by atoms with Gasteiger partial charge in [-0.15, -0.1) is 0 Å². The van der Waals surface area contributed by atoms with Crippen molar-refractivity contribution in [3.05, 3.63) is 60.7 Å². The molecule has 0 spiro atoms. The molecule has 0 aromatic heterocycles. The fourth-order valence-electron chi connectivity index (χ4n) is 5.19. The minimum absolute atomic E-state index is 0.660. The highest BCUT2D eigenvalue weighted by atomic mass is 14.1. The minimum Gasteiger partial charge on any atom is -0.205 e. The average molecular weight is 391 g/mol. The normalized spacial score (nSPS) is 11.7. The molecule has 0 unspecified atom stereocenters. The maximum atomic E-state index is 2.40. The van der Waals surface area contributed by atoms with Crippen molar-refractivity contribution in [2.24, 2.45) is 0 Å². The molecule has 0 fully saturated rings. The van der Waals surface area contributed by atoms with Crippen molar-refractivity contribution in [3.63, 3.8) is 0 Å². The largest absolute Gasteiger partial charge is 0.205 e. The van der Waals surface area contributed by atoms with Crippen LogP contribution in [-0.4, -0.2) is 6.15 Å². The zero-order valence-electron chi connectivity index (χ0n) is 19.3. The SMILES string of the molecule is CCCCCCCC[B-](CCCCCCCC)(c1ccccc1)c1ccccc1. The zero-order valence-corrected chi connectivity index (χ0v) is 19.3. The Labute approximate surface area is 181 Å². The molecule has 0 aliphatic rings. The Bertz CT molecular complexity index is 562. The van der Waals surface area contributed by atoms with Crippen LogP contribution >= 0.6 is 0 Å². The number of unbranched alkanes of at least 4 members (excludes halogenated alkanes) is 10. The van der Waals surface area contributed by atoms with Crippen LogP contribution in [0.5, 0.6) is 0 Å². The molecule has 0 radical (unpaired) electrons. The summed E-state index contributed by atoms with van der Waals surface area (Å²) in [4.78, 5) is 0. The highest BCUT2D eigenvalue weighted by molar-refractivity contribution is 7.02. The number of rotatable bonds is 16. The third kappa shape index (κ3) is 8.04. The molecular weight excluding hydrogens is 347 g/mol. The maximum absolute atomic E-state index is 2.40. The molecule has 0 aliphatic heterocycles. The Morgan fingerprint density at radius 2 is 0.793 bits per heavy atom. The van der Waals surface area contributed by atoms with Gasteiger partial charge < -0.3 is 0 Å². The third-order valence-corrected chi connectivity index (χ3v) is 6.98. The van der Waals surface area contributed by atoms with Gasteiger partial charge in [0.25, 0.3) is 0 Å². The molecule has 0 amide bonds. The topological polar surface area (TPSA) is 0 Å². The van der Waals surface area contributed by atoms with E-state index in [2.05, 4.69) is 74.5 Å². The van der Waals surface area contributed by atoms with E-state index in [1.54, 1.807) is 10.9 Å². The van der Waals surface area contributed by atoms with Gasteiger partial charge in [0.2, 0.25) is 0 Å². The van der Waals surface area contributed by atoms with Crippen LogP contribution in [0.3, 0.4) is 0 Å². The second-order valence-electron chi connectivity index (χ2n) is 9.18. The first-order chi connectivity index (χ1) is 14.3. The molecule has 2 aromatic rings. The number of hydrogen-bond acceptors (Lipinski definition) is 0. The molecule has 1 heteroatoms. The van der Waals surface area contributed by atoms with E-state index in [1.165, 1.54) is 89.7 Å². The number of benzene rings is 2. The molecular formula is C28H44B-. The van der Waals surface area contributed by atoms with Crippen molar-refractivity contribution >= 4 is 17.1 Å². The monoisotopic (exact) mass is 391 g/mol. The first-order valence-electron chi connectivity index (χ1n) is 12.6. The van der Waals surface area contributed by atoms with Gasteiger partial charge in [0.15, 0.2) is 0 Å². The summed E-state index contributed by atoms with van der Waals surface area (Å²) in [6, 6.07) is 22.9. The molecule has 0 nitrogen and oxygen atoms in total. The molecule has 0 aliphatic carbocycles. The summed E-state index contributed by atoms with van der Waals surface area (Å²) in [5.74, 6) is 0. The first-order valence-corrected chi connectivity index (χ1v) is 12.6. The summed E-state index contributed by atoms with van der Waals surface area (Å²) in [6.07, 6.45) is 18.6. The van der Waals surface area contributed by atoms with E-state index in [9.17, 15) is 0 Å². The lowest BCUT2D eigenvalue weighted by Gasteiger charge is -2.42. The quantitative estimate of drug-likeness (QED) is 0.201. The van der Waals surface area contributed by atoms with Crippen molar-refractivity contribution in [2.45, 2.75) is 104 Å². The molecule has 2 rings (SSSR count). The van der Waals surface area contributed by atoms with Gasteiger partial charge in [-0.2, -0.15) is 12.6 Å². The zero-order chi connectivity index (χ0) is 20.6. The van der Waals surface area contributed by atoms with Crippen LogP contribution in [0.1, 0.15) is 90.9 Å². The lowest BCUT2D eigenvalue weighted by atomic mass is 9.15. The Morgan fingerprint density at radius 1 is 0.448 bits per heavy atom. The predicted octanol–water partition coefficient (Wildman–Crippen LogP) is 7.97. The third-order valence-electron chi connectivity index (χ3n) is 6.98. The number of hydrogen-bond donors (Lipinski definition) is 0. The van der Waals surface area contributed by atoms with Crippen molar-refractivity contribution in [1.29, 1.82) is 0 Å². The van der Waals surface area contributed by atoms with Gasteiger partial charge in [0.1, 0.15) is 0 Å². The van der Waals surface area contributed by atoms with Gasteiger partial charge in [-0.1, -0.05) is 152 Å². The van der Waals surface area contributed by atoms with Gasteiger partial charge in [-0.3, -0.25) is 0 Å². The molecule has 160 valence electrons. The Hall–Kier alpha value is -1.50. The van der Waals surface area contributed by atoms with Crippen LogP contribution in [0, 0.1) is 0 Å². The smallest absolute Gasteiger partial charge is 0.0544 e. The summed E-state index contributed by atoms with van der Waals surface area (Å²) >= 11 is 0. The molecule has 0 heterocycles. The molecule has 0 N–H and O–H groups in total.